The number of hydrogen-bond donors (Lipinski definition) is 2. The quantitative estimate of drug-likeness (QED) is 0.814. The van der Waals surface area contributed by atoms with Gasteiger partial charge in [-0.25, -0.2) is 4.39 Å². The van der Waals surface area contributed by atoms with Gasteiger partial charge in [0.2, 0.25) is 5.91 Å². The number of para-hydroxylation sites is 1. The van der Waals surface area contributed by atoms with Gasteiger partial charge in [0, 0.05) is 25.3 Å². The summed E-state index contributed by atoms with van der Waals surface area (Å²) in [4.78, 5) is 14.4. The summed E-state index contributed by atoms with van der Waals surface area (Å²) in [6.07, 6.45) is 1.06. The summed E-state index contributed by atoms with van der Waals surface area (Å²) in [7, 11) is 0. The third-order valence-corrected chi connectivity index (χ3v) is 4.54. The van der Waals surface area contributed by atoms with Gasteiger partial charge in [0.1, 0.15) is 5.82 Å². The van der Waals surface area contributed by atoms with Crippen LogP contribution in [0.3, 0.4) is 0 Å². The lowest BCUT2D eigenvalue weighted by Gasteiger charge is -2.21. The lowest BCUT2D eigenvalue weighted by atomic mass is 10.1. The number of likely N-dealkylation sites (N-methyl/N-ethyl adjacent to an activating group) is 1. The summed E-state index contributed by atoms with van der Waals surface area (Å²) in [5.74, 6) is -0.289. The molecule has 4 nitrogen and oxygen atoms in total. The monoisotopic (exact) mass is 341 g/mol. The predicted octanol–water partition coefficient (Wildman–Crippen LogP) is 2.93. The van der Waals surface area contributed by atoms with Crippen LogP contribution in [0.4, 0.5) is 10.1 Å². The maximum Gasteiger partial charge on any atom is 0.234 e. The average molecular weight is 341 g/mol. The van der Waals surface area contributed by atoms with Gasteiger partial charge in [0.15, 0.2) is 0 Å². The third kappa shape index (κ3) is 4.57. The molecular formula is C20H24FN3O. The lowest BCUT2D eigenvalue weighted by Crippen LogP contribution is -2.36. The second-order valence-electron chi connectivity index (χ2n) is 6.33. The first-order valence-corrected chi connectivity index (χ1v) is 8.74. The summed E-state index contributed by atoms with van der Waals surface area (Å²) < 4.78 is 12.9. The molecule has 2 aromatic carbocycles. The minimum absolute atomic E-state index is 0.0216. The van der Waals surface area contributed by atoms with Gasteiger partial charge < -0.3 is 10.6 Å². The smallest absolute Gasteiger partial charge is 0.234 e. The number of benzene rings is 2. The van der Waals surface area contributed by atoms with E-state index < -0.39 is 0 Å². The van der Waals surface area contributed by atoms with Crippen molar-refractivity contribution < 1.29 is 9.18 Å². The minimum atomic E-state index is -0.267. The molecule has 0 aliphatic carbocycles. The van der Waals surface area contributed by atoms with Crippen LogP contribution < -0.4 is 10.6 Å². The molecule has 0 radical (unpaired) electrons. The molecule has 1 aliphatic rings. The molecule has 3 rings (SSSR count). The number of halogens is 1. The number of rotatable bonds is 7. The van der Waals surface area contributed by atoms with Crippen LogP contribution in [0.25, 0.3) is 0 Å². The highest BCUT2D eigenvalue weighted by Gasteiger charge is 2.16. The van der Waals surface area contributed by atoms with Gasteiger partial charge >= 0.3 is 0 Å². The van der Waals surface area contributed by atoms with Gasteiger partial charge in [-0.1, -0.05) is 37.3 Å². The van der Waals surface area contributed by atoms with E-state index in [0.29, 0.717) is 13.1 Å². The molecule has 1 aliphatic heterocycles. The Morgan fingerprint density at radius 3 is 2.80 bits per heavy atom. The van der Waals surface area contributed by atoms with E-state index in [0.717, 1.165) is 31.6 Å². The molecule has 132 valence electrons. The first-order chi connectivity index (χ1) is 12.2. The fourth-order valence-electron chi connectivity index (χ4n) is 3.12. The normalized spacial score (nSPS) is 12.8. The van der Waals surface area contributed by atoms with E-state index in [1.54, 1.807) is 12.1 Å². The SMILES string of the molecule is CCN(CC(=O)NCc1ccc(F)cc1)Cc1cccc2c1NCC2. The molecule has 1 amide bonds. The Morgan fingerprint density at radius 2 is 2.04 bits per heavy atom. The number of nitrogens with one attached hydrogen (secondary N) is 2. The molecule has 2 N–H and O–H groups in total. The molecule has 0 bridgehead atoms. The Hall–Kier alpha value is -2.40. The fraction of sp³-hybridized carbons (Fsp3) is 0.350. The zero-order valence-corrected chi connectivity index (χ0v) is 14.5. The van der Waals surface area contributed by atoms with Crippen LogP contribution in [-0.2, 0) is 24.3 Å². The van der Waals surface area contributed by atoms with E-state index in [1.807, 2.05) is 0 Å². The number of carbonyl (C=O) groups excluding carboxylic acids is 1. The van der Waals surface area contributed by atoms with Crippen molar-refractivity contribution in [1.29, 1.82) is 0 Å². The molecule has 0 aromatic heterocycles. The molecule has 25 heavy (non-hydrogen) atoms. The van der Waals surface area contributed by atoms with Crippen LogP contribution in [0.5, 0.6) is 0 Å². The highest BCUT2D eigenvalue weighted by molar-refractivity contribution is 5.78. The van der Waals surface area contributed by atoms with Gasteiger partial charge in [-0.2, -0.15) is 0 Å². The summed E-state index contributed by atoms with van der Waals surface area (Å²) in [5.41, 5.74) is 4.72. The van der Waals surface area contributed by atoms with Crippen molar-refractivity contribution >= 4 is 11.6 Å². The highest BCUT2D eigenvalue weighted by Crippen LogP contribution is 2.27. The molecule has 0 atom stereocenters. The predicted molar refractivity (Wildman–Crippen MR) is 97.8 cm³/mol. The molecule has 0 spiro atoms. The van der Waals surface area contributed by atoms with Crippen molar-refractivity contribution in [3.63, 3.8) is 0 Å². The van der Waals surface area contributed by atoms with E-state index >= 15 is 0 Å². The standard InChI is InChI=1S/C20H24FN3O/c1-2-24(13-17-5-3-4-16-10-11-22-20(16)17)14-19(25)23-12-15-6-8-18(21)9-7-15/h3-9,22H,2,10-14H2,1H3,(H,23,25). The van der Waals surface area contributed by atoms with Crippen molar-refractivity contribution in [2.24, 2.45) is 0 Å². The number of hydrogen-bond acceptors (Lipinski definition) is 3. The van der Waals surface area contributed by atoms with Crippen LogP contribution in [0, 0.1) is 5.82 Å². The Labute approximate surface area is 148 Å². The largest absolute Gasteiger partial charge is 0.384 e. The van der Waals surface area contributed by atoms with E-state index in [-0.39, 0.29) is 11.7 Å². The molecule has 2 aromatic rings. The van der Waals surface area contributed by atoms with E-state index in [1.165, 1.54) is 28.9 Å². The maximum absolute atomic E-state index is 12.9. The van der Waals surface area contributed by atoms with E-state index in [2.05, 4.69) is 40.7 Å². The Balaban J connectivity index is 1.54. The van der Waals surface area contributed by atoms with Gasteiger partial charge in [0.25, 0.3) is 0 Å². The zero-order chi connectivity index (χ0) is 17.6. The van der Waals surface area contributed by atoms with Gasteiger partial charge in [-0.05, 0) is 41.8 Å². The number of amides is 1. The van der Waals surface area contributed by atoms with Gasteiger partial charge in [-0.3, -0.25) is 9.69 Å². The minimum Gasteiger partial charge on any atom is -0.384 e. The topological polar surface area (TPSA) is 44.4 Å². The molecule has 0 unspecified atom stereocenters. The second kappa shape index (κ2) is 8.12. The zero-order valence-electron chi connectivity index (χ0n) is 14.5. The summed E-state index contributed by atoms with van der Waals surface area (Å²) >= 11 is 0. The van der Waals surface area contributed by atoms with Crippen molar-refractivity contribution in [1.82, 2.24) is 10.2 Å². The molecule has 0 saturated carbocycles. The van der Waals surface area contributed by atoms with E-state index in [9.17, 15) is 9.18 Å². The maximum atomic E-state index is 12.9. The average Bonchev–Trinajstić information content (AvgIpc) is 3.10. The molecule has 5 heteroatoms. The third-order valence-electron chi connectivity index (χ3n) is 4.54. The van der Waals surface area contributed by atoms with E-state index in [4.69, 9.17) is 0 Å². The number of anilines is 1. The Kier molecular flexibility index (Phi) is 5.66. The molecular weight excluding hydrogens is 317 g/mol. The summed E-state index contributed by atoms with van der Waals surface area (Å²) in [5, 5.41) is 6.35. The van der Waals surface area contributed by atoms with Crippen molar-refractivity contribution in [2.45, 2.75) is 26.4 Å². The lowest BCUT2D eigenvalue weighted by molar-refractivity contribution is -0.122. The second-order valence-corrected chi connectivity index (χ2v) is 6.33. The number of nitrogens with zero attached hydrogens (tertiary/aromatic N) is 1. The van der Waals surface area contributed by atoms with Crippen LogP contribution in [0.1, 0.15) is 23.6 Å². The molecule has 0 saturated heterocycles. The fourth-order valence-corrected chi connectivity index (χ4v) is 3.12. The first kappa shape index (κ1) is 17.4. The van der Waals surface area contributed by atoms with Crippen molar-refractivity contribution in [3.8, 4) is 0 Å². The highest BCUT2D eigenvalue weighted by atomic mass is 19.1. The van der Waals surface area contributed by atoms with Crippen LogP contribution in [-0.4, -0.2) is 30.4 Å². The van der Waals surface area contributed by atoms with Crippen molar-refractivity contribution in [2.75, 3.05) is 25.0 Å². The summed E-state index contributed by atoms with van der Waals surface area (Å²) in [6.45, 7) is 5.35. The van der Waals surface area contributed by atoms with Crippen molar-refractivity contribution in [3.05, 3.63) is 65.0 Å². The molecule has 1 heterocycles. The molecule has 0 fully saturated rings. The van der Waals surface area contributed by atoms with Crippen LogP contribution in [0.2, 0.25) is 0 Å². The van der Waals surface area contributed by atoms with Crippen LogP contribution >= 0.6 is 0 Å². The first-order valence-electron chi connectivity index (χ1n) is 8.74. The summed E-state index contributed by atoms with van der Waals surface area (Å²) in [6, 6.07) is 12.5. The number of fused-ring (bicyclic) bond motifs is 1. The Morgan fingerprint density at radius 1 is 1.24 bits per heavy atom. The number of carbonyl (C=O) groups is 1. The van der Waals surface area contributed by atoms with Gasteiger partial charge in [0.05, 0.1) is 6.54 Å². The van der Waals surface area contributed by atoms with Gasteiger partial charge in [-0.15, -0.1) is 0 Å². The Bertz CT molecular complexity index is 730. The van der Waals surface area contributed by atoms with Crippen LogP contribution in [0.15, 0.2) is 42.5 Å².